The second-order valence-electron chi connectivity index (χ2n) is 6.44. The Morgan fingerprint density at radius 2 is 1.75 bits per heavy atom. The summed E-state index contributed by atoms with van der Waals surface area (Å²) in [4.78, 5) is 11.4. The number of hydrogen-bond acceptors (Lipinski definition) is 3. The van der Waals surface area contributed by atoms with Crippen LogP contribution in [-0.4, -0.2) is 20.1 Å². The zero-order valence-corrected chi connectivity index (χ0v) is 15.6. The minimum Gasteiger partial charge on any atom is -0.322 e. The van der Waals surface area contributed by atoms with Gasteiger partial charge in [-0.1, -0.05) is 19.9 Å². The summed E-state index contributed by atoms with van der Waals surface area (Å²) >= 11 is 0. The molecule has 4 nitrogen and oxygen atoms in total. The van der Waals surface area contributed by atoms with Crippen molar-refractivity contribution in [3.8, 4) is 0 Å². The molecule has 0 aliphatic rings. The summed E-state index contributed by atoms with van der Waals surface area (Å²) in [6, 6.07) is 4.79. The van der Waals surface area contributed by atoms with E-state index in [0.29, 0.717) is 18.2 Å². The van der Waals surface area contributed by atoms with E-state index in [0.717, 1.165) is 18.2 Å². The molecule has 2 aromatic carbocycles. The van der Waals surface area contributed by atoms with Crippen LogP contribution >= 0.6 is 0 Å². The number of sulfone groups is 1. The molecule has 152 valence electrons. The second kappa shape index (κ2) is 7.86. The Balaban J connectivity index is 2.43. The molecular weight excluding hydrogens is 405 g/mol. The fourth-order valence-corrected chi connectivity index (χ4v) is 4.18. The molecule has 0 saturated heterocycles. The van der Waals surface area contributed by atoms with E-state index in [9.17, 15) is 35.2 Å². The number of hydrogen-bond donors (Lipinski definition) is 1. The van der Waals surface area contributed by atoms with Crippen LogP contribution < -0.4 is 5.32 Å². The Labute approximate surface area is 158 Å². The van der Waals surface area contributed by atoms with E-state index in [-0.39, 0.29) is 11.6 Å². The van der Waals surface area contributed by atoms with E-state index in [2.05, 4.69) is 0 Å². The summed E-state index contributed by atoms with van der Waals surface area (Å²) in [6.45, 7) is 3.17. The predicted molar refractivity (Wildman–Crippen MR) is 92.6 cm³/mol. The van der Waals surface area contributed by atoms with Crippen LogP contribution in [-0.2, 0) is 16.0 Å². The first-order chi connectivity index (χ1) is 12.8. The minimum atomic E-state index is -4.68. The maximum absolute atomic E-state index is 14.6. The molecule has 0 spiro atoms. The van der Waals surface area contributed by atoms with Crippen LogP contribution in [0.3, 0.4) is 0 Å². The van der Waals surface area contributed by atoms with Crippen molar-refractivity contribution in [1.29, 1.82) is 0 Å². The first-order valence-electron chi connectivity index (χ1n) is 8.02. The van der Waals surface area contributed by atoms with Gasteiger partial charge in [-0.05, 0) is 36.2 Å². The largest absolute Gasteiger partial charge is 0.416 e. The summed E-state index contributed by atoms with van der Waals surface area (Å²) in [7, 11) is -4.13. The average Bonchev–Trinajstić information content (AvgIpc) is 2.52. The molecule has 0 aliphatic heterocycles. The summed E-state index contributed by atoms with van der Waals surface area (Å²) in [5.41, 5.74) is -2.61. The van der Waals surface area contributed by atoms with E-state index >= 15 is 0 Å². The molecule has 0 unspecified atom stereocenters. The summed E-state index contributed by atoms with van der Waals surface area (Å²) in [5.74, 6) is -5.12. The number of amides is 1. The van der Waals surface area contributed by atoms with E-state index in [4.69, 9.17) is 0 Å². The Kier molecular flexibility index (Phi) is 6.12. The monoisotopic (exact) mass is 421 g/mol. The lowest BCUT2D eigenvalue weighted by Gasteiger charge is -2.13. The van der Waals surface area contributed by atoms with Crippen LogP contribution in [0, 0.1) is 17.6 Å². The molecule has 1 N–H and O–H groups in total. The average molecular weight is 421 g/mol. The number of rotatable bonds is 5. The van der Waals surface area contributed by atoms with Gasteiger partial charge in [0.2, 0.25) is 0 Å². The number of carbonyl (C=O) groups excluding carboxylic acids is 1. The van der Waals surface area contributed by atoms with Gasteiger partial charge >= 0.3 is 6.18 Å². The van der Waals surface area contributed by atoms with Crippen molar-refractivity contribution in [1.82, 2.24) is 0 Å². The quantitative estimate of drug-likeness (QED) is 0.564. The molecule has 10 heteroatoms. The van der Waals surface area contributed by atoms with Crippen molar-refractivity contribution in [2.45, 2.75) is 24.9 Å². The number of halogens is 5. The topological polar surface area (TPSA) is 63.2 Å². The molecule has 2 rings (SSSR count). The standard InChI is InChI=1S/C18H16F5NO3S/c1-10(2)9-28(26,27)14-7-6-13(19)15(16(14)20)17(25)24-12-5-3-4-11(8-12)18(21,22)23/h3-8,10H,9H2,1-2H3,(H,24,25). The lowest BCUT2D eigenvalue weighted by atomic mass is 10.1. The maximum atomic E-state index is 14.6. The third-order valence-corrected chi connectivity index (χ3v) is 5.71. The Bertz CT molecular complexity index is 1000. The fourth-order valence-electron chi connectivity index (χ4n) is 2.48. The molecule has 0 aliphatic carbocycles. The molecule has 28 heavy (non-hydrogen) atoms. The highest BCUT2D eigenvalue weighted by molar-refractivity contribution is 7.91. The first-order valence-corrected chi connectivity index (χ1v) is 9.67. The van der Waals surface area contributed by atoms with E-state index in [1.54, 1.807) is 13.8 Å². The van der Waals surface area contributed by atoms with Crippen molar-refractivity contribution in [2.24, 2.45) is 5.92 Å². The third-order valence-electron chi connectivity index (χ3n) is 3.62. The van der Waals surface area contributed by atoms with Gasteiger partial charge in [0, 0.05) is 5.69 Å². The molecule has 2 aromatic rings. The van der Waals surface area contributed by atoms with Crippen LogP contribution in [0.15, 0.2) is 41.3 Å². The van der Waals surface area contributed by atoms with Crippen LogP contribution in [0.5, 0.6) is 0 Å². The summed E-state index contributed by atoms with van der Waals surface area (Å²) in [6.07, 6.45) is -4.68. The normalized spacial score (nSPS) is 12.3. The summed E-state index contributed by atoms with van der Waals surface area (Å²) in [5, 5.41) is 1.96. The van der Waals surface area contributed by atoms with Crippen LogP contribution in [0.2, 0.25) is 0 Å². The van der Waals surface area contributed by atoms with E-state index in [1.165, 1.54) is 0 Å². The van der Waals surface area contributed by atoms with Crippen molar-refractivity contribution < 1.29 is 35.2 Å². The van der Waals surface area contributed by atoms with Crippen molar-refractivity contribution in [3.05, 3.63) is 59.2 Å². The molecule has 0 heterocycles. The molecular formula is C18H16F5NO3S. The van der Waals surface area contributed by atoms with Crippen LogP contribution in [0.1, 0.15) is 29.8 Å². The van der Waals surface area contributed by atoms with Gasteiger partial charge < -0.3 is 5.32 Å². The zero-order valence-electron chi connectivity index (χ0n) is 14.8. The number of benzene rings is 2. The van der Waals surface area contributed by atoms with Crippen LogP contribution in [0.25, 0.3) is 0 Å². The third kappa shape index (κ3) is 4.86. The van der Waals surface area contributed by atoms with Gasteiger partial charge in [0.25, 0.3) is 5.91 Å². The Hall–Kier alpha value is -2.49. The Morgan fingerprint density at radius 1 is 1.11 bits per heavy atom. The number of alkyl halides is 3. The molecule has 0 radical (unpaired) electrons. The zero-order chi connectivity index (χ0) is 21.3. The number of carbonyl (C=O) groups is 1. The van der Waals surface area contributed by atoms with Gasteiger partial charge in [0.05, 0.1) is 11.3 Å². The fraction of sp³-hybridized carbons (Fsp3) is 0.278. The molecule has 0 bridgehead atoms. The van der Waals surface area contributed by atoms with Gasteiger partial charge in [-0.25, -0.2) is 17.2 Å². The second-order valence-corrected chi connectivity index (χ2v) is 8.45. The van der Waals surface area contributed by atoms with Gasteiger partial charge in [0.1, 0.15) is 16.3 Å². The van der Waals surface area contributed by atoms with E-state index in [1.807, 2.05) is 5.32 Å². The lowest BCUT2D eigenvalue weighted by molar-refractivity contribution is -0.137. The van der Waals surface area contributed by atoms with Gasteiger partial charge in [-0.2, -0.15) is 13.2 Å². The highest BCUT2D eigenvalue weighted by atomic mass is 32.2. The predicted octanol–water partition coefficient (Wildman–Crippen LogP) is 4.67. The Morgan fingerprint density at radius 3 is 2.32 bits per heavy atom. The SMILES string of the molecule is CC(C)CS(=O)(=O)c1ccc(F)c(C(=O)Nc2cccc(C(F)(F)F)c2)c1F. The minimum absolute atomic E-state index is 0.350. The van der Waals surface area contributed by atoms with Gasteiger partial charge in [0.15, 0.2) is 15.7 Å². The highest BCUT2D eigenvalue weighted by Crippen LogP contribution is 2.31. The molecule has 0 saturated carbocycles. The lowest BCUT2D eigenvalue weighted by Crippen LogP contribution is -2.20. The smallest absolute Gasteiger partial charge is 0.322 e. The van der Waals surface area contributed by atoms with Gasteiger partial charge in [-0.3, -0.25) is 4.79 Å². The molecule has 1 amide bonds. The number of nitrogens with one attached hydrogen (secondary N) is 1. The molecule has 0 atom stereocenters. The molecule has 0 aromatic heterocycles. The molecule has 0 fully saturated rings. The highest BCUT2D eigenvalue weighted by Gasteiger charge is 2.31. The van der Waals surface area contributed by atoms with Crippen molar-refractivity contribution >= 4 is 21.4 Å². The maximum Gasteiger partial charge on any atom is 0.416 e. The van der Waals surface area contributed by atoms with Gasteiger partial charge in [-0.15, -0.1) is 0 Å². The van der Waals surface area contributed by atoms with Crippen molar-refractivity contribution in [3.63, 3.8) is 0 Å². The first kappa shape index (κ1) is 21.8. The van der Waals surface area contributed by atoms with E-state index < -0.39 is 55.3 Å². The number of anilines is 1. The van der Waals surface area contributed by atoms with Crippen molar-refractivity contribution in [2.75, 3.05) is 11.1 Å². The summed E-state index contributed by atoms with van der Waals surface area (Å²) < 4.78 is 91.4. The van der Waals surface area contributed by atoms with Crippen LogP contribution in [0.4, 0.5) is 27.6 Å².